The monoisotopic (exact) mass is 281 g/mol. The van der Waals surface area contributed by atoms with Crippen LogP contribution in [0.15, 0.2) is 18.2 Å². The summed E-state index contributed by atoms with van der Waals surface area (Å²) in [6.07, 6.45) is 2.29. The fourth-order valence-corrected chi connectivity index (χ4v) is 2.18. The molecule has 0 bridgehead atoms. The van der Waals surface area contributed by atoms with Gasteiger partial charge in [-0.05, 0) is 44.0 Å². The highest BCUT2D eigenvalue weighted by Crippen LogP contribution is 2.29. The first-order valence-corrected chi connectivity index (χ1v) is 7.13. The van der Waals surface area contributed by atoms with Crippen LogP contribution >= 0.6 is 0 Å². The average Bonchev–Trinajstić information content (AvgIpc) is 2.50. The largest absolute Gasteiger partial charge is 0.497 e. The molecule has 2 atom stereocenters. The normalized spacial score (nSPS) is 13.8. The van der Waals surface area contributed by atoms with Crippen LogP contribution in [-0.2, 0) is 4.74 Å². The van der Waals surface area contributed by atoms with Gasteiger partial charge in [0.1, 0.15) is 11.5 Å². The van der Waals surface area contributed by atoms with Crippen molar-refractivity contribution < 1.29 is 14.2 Å². The molecule has 1 aromatic carbocycles. The Hall–Kier alpha value is -1.26. The van der Waals surface area contributed by atoms with Crippen LogP contribution in [-0.4, -0.2) is 34.0 Å². The average molecular weight is 281 g/mol. The first-order chi connectivity index (χ1) is 9.64. The Kier molecular flexibility index (Phi) is 7.41. The number of rotatable bonds is 9. The molecule has 4 nitrogen and oxygen atoms in total. The highest BCUT2D eigenvalue weighted by atomic mass is 16.5. The fourth-order valence-electron chi connectivity index (χ4n) is 2.18. The van der Waals surface area contributed by atoms with Crippen molar-refractivity contribution in [1.82, 2.24) is 5.32 Å². The third-order valence-electron chi connectivity index (χ3n) is 3.49. The number of nitrogens with one attached hydrogen (secondary N) is 1. The molecule has 0 aliphatic rings. The van der Waals surface area contributed by atoms with Gasteiger partial charge < -0.3 is 19.5 Å². The van der Waals surface area contributed by atoms with Crippen molar-refractivity contribution in [3.63, 3.8) is 0 Å². The van der Waals surface area contributed by atoms with Gasteiger partial charge in [0, 0.05) is 19.2 Å². The van der Waals surface area contributed by atoms with Gasteiger partial charge in [-0.1, -0.05) is 6.92 Å². The zero-order chi connectivity index (χ0) is 15.0. The summed E-state index contributed by atoms with van der Waals surface area (Å²) >= 11 is 0. The first-order valence-electron chi connectivity index (χ1n) is 7.13. The predicted molar refractivity (Wildman–Crippen MR) is 81.7 cm³/mol. The van der Waals surface area contributed by atoms with Crippen LogP contribution in [0.4, 0.5) is 0 Å². The van der Waals surface area contributed by atoms with Crippen LogP contribution in [0.1, 0.15) is 38.3 Å². The van der Waals surface area contributed by atoms with Gasteiger partial charge in [0.15, 0.2) is 0 Å². The Labute approximate surface area is 122 Å². The van der Waals surface area contributed by atoms with Crippen molar-refractivity contribution in [3.8, 4) is 11.5 Å². The molecule has 0 amide bonds. The zero-order valence-electron chi connectivity index (χ0n) is 13.2. The maximum absolute atomic E-state index is 5.34. The molecule has 2 unspecified atom stereocenters. The second-order valence-corrected chi connectivity index (χ2v) is 4.88. The molecule has 0 aliphatic carbocycles. The van der Waals surface area contributed by atoms with Crippen LogP contribution in [0.2, 0.25) is 0 Å². The molecule has 0 heterocycles. The number of ether oxygens (including phenoxy) is 3. The summed E-state index contributed by atoms with van der Waals surface area (Å²) < 4.78 is 16.0. The van der Waals surface area contributed by atoms with Crippen LogP contribution in [0.25, 0.3) is 0 Å². The zero-order valence-corrected chi connectivity index (χ0v) is 13.2. The van der Waals surface area contributed by atoms with E-state index in [4.69, 9.17) is 14.2 Å². The van der Waals surface area contributed by atoms with Gasteiger partial charge in [-0.15, -0.1) is 0 Å². The summed E-state index contributed by atoms with van der Waals surface area (Å²) in [6.45, 7) is 5.13. The minimum Gasteiger partial charge on any atom is -0.497 e. The molecule has 1 rings (SSSR count). The smallest absolute Gasteiger partial charge is 0.122 e. The van der Waals surface area contributed by atoms with Crippen molar-refractivity contribution in [3.05, 3.63) is 23.8 Å². The maximum atomic E-state index is 5.34. The topological polar surface area (TPSA) is 39.7 Å². The number of hydrogen-bond acceptors (Lipinski definition) is 4. The molecule has 0 fully saturated rings. The van der Waals surface area contributed by atoms with Crippen molar-refractivity contribution in [2.24, 2.45) is 0 Å². The molecule has 0 aromatic heterocycles. The van der Waals surface area contributed by atoms with E-state index in [1.54, 1.807) is 21.3 Å². The second-order valence-electron chi connectivity index (χ2n) is 4.88. The van der Waals surface area contributed by atoms with Gasteiger partial charge in [0.2, 0.25) is 0 Å². The molecule has 0 saturated heterocycles. The van der Waals surface area contributed by atoms with E-state index in [0.29, 0.717) is 0 Å². The minimum absolute atomic E-state index is 0.267. The van der Waals surface area contributed by atoms with Gasteiger partial charge in [-0.3, -0.25) is 0 Å². The summed E-state index contributed by atoms with van der Waals surface area (Å²) in [5.74, 6) is 1.64. The van der Waals surface area contributed by atoms with Gasteiger partial charge in [0.25, 0.3) is 0 Å². The highest BCUT2D eigenvalue weighted by molar-refractivity contribution is 5.39. The second kappa shape index (κ2) is 8.82. The van der Waals surface area contributed by atoms with E-state index >= 15 is 0 Å². The van der Waals surface area contributed by atoms with E-state index in [-0.39, 0.29) is 12.1 Å². The van der Waals surface area contributed by atoms with Crippen LogP contribution in [0.3, 0.4) is 0 Å². The molecule has 4 heteroatoms. The molecule has 1 N–H and O–H groups in total. The first kappa shape index (κ1) is 16.8. The number of benzene rings is 1. The van der Waals surface area contributed by atoms with Gasteiger partial charge in [-0.2, -0.15) is 0 Å². The van der Waals surface area contributed by atoms with Crippen LogP contribution in [0.5, 0.6) is 11.5 Å². The third-order valence-corrected chi connectivity index (χ3v) is 3.49. The Morgan fingerprint density at radius 3 is 2.05 bits per heavy atom. The number of hydrogen-bond donors (Lipinski definition) is 1. The van der Waals surface area contributed by atoms with Crippen molar-refractivity contribution >= 4 is 0 Å². The van der Waals surface area contributed by atoms with E-state index in [0.717, 1.165) is 30.9 Å². The maximum Gasteiger partial charge on any atom is 0.122 e. The quantitative estimate of drug-likeness (QED) is 0.754. The molecular weight excluding hydrogens is 254 g/mol. The van der Waals surface area contributed by atoms with E-state index in [2.05, 4.69) is 31.3 Å². The van der Waals surface area contributed by atoms with Gasteiger partial charge in [-0.25, -0.2) is 0 Å². The molecular formula is C16H27NO3. The summed E-state index contributed by atoms with van der Waals surface area (Å²) in [5, 5.41) is 3.51. The SMILES string of the molecule is CCNC(CCC(C)OC)c1cc(OC)cc(OC)c1. The fraction of sp³-hybridized carbons (Fsp3) is 0.625. The number of methoxy groups -OCH3 is 3. The molecule has 20 heavy (non-hydrogen) atoms. The van der Waals surface area contributed by atoms with E-state index < -0.39 is 0 Å². The lowest BCUT2D eigenvalue weighted by Gasteiger charge is -2.21. The summed E-state index contributed by atoms with van der Waals surface area (Å²) in [4.78, 5) is 0. The molecule has 0 aliphatic heterocycles. The summed E-state index contributed by atoms with van der Waals surface area (Å²) in [6, 6.07) is 6.30. The molecule has 1 aromatic rings. The Balaban J connectivity index is 2.89. The Morgan fingerprint density at radius 1 is 1.00 bits per heavy atom. The van der Waals surface area contributed by atoms with Crippen LogP contribution < -0.4 is 14.8 Å². The van der Waals surface area contributed by atoms with E-state index in [9.17, 15) is 0 Å². The highest BCUT2D eigenvalue weighted by Gasteiger charge is 2.14. The van der Waals surface area contributed by atoms with Crippen LogP contribution in [0, 0.1) is 0 Å². The van der Waals surface area contributed by atoms with Gasteiger partial charge in [0.05, 0.1) is 20.3 Å². The summed E-state index contributed by atoms with van der Waals surface area (Å²) in [7, 11) is 5.10. The molecule has 0 radical (unpaired) electrons. The lowest BCUT2D eigenvalue weighted by atomic mass is 9.99. The van der Waals surface area contributed by atoms with Crippen molar-refractivity contribution in [2.45, 2.75) is 38.8 Å². The van der Waals surface area contributed by atoms with Crippen molar-refractivity contribution in [2.75, 3.05) is 27.9 Å². The standard InChI is InChI=1S/C16H27NO3/c1-6-17-16(8-7-12(2)18-3)13-9-14(19-4)11-15(10-13)20-5/h9-12,16-17H,6-8H2,1-5H3. The van der Waals surface area contributed by atoms with Crippen molar-refractivity contribution in [1.29, 1.82) is 0 Å². The predicted octanol–water partition coefficient (Wildman–Crippen LogP) is 3.17. The molecule has 114 valence electrons. The van der Waals surface area contributed by atoms with Gasteiger partial charge >= 0.3 is 0 Å². The Morgan fingerprint density at radius 2 is 1.60 bits per heavy atom. The lowest BCUT2D eigenvalue weighted by molar-refractivity contribution is 0.106. The van der Waals surface area contributed by atoms with E-state index in [1.807, 2.05) is 6.07 Å². The molecule has 0 saturated carbocycles. The summed E-state index contributed by atoms with van der Waals surface area (Å²) in [5.41, 5.74) is 1.19. The Bertz CT molecular complexity index is 373. The lowest BCUT2D eigenvalue weighted by Crippen LogP contribution is -2.22. The molecule has 0 spiro atoms. The third kappa shape index (κ3) is 5.02. The minimum atomic E-state index is 0.267. The van der Waals surface area contributed by atoms with E-state index in [1.165, 1.54) is 5.56 Å².